The van der Waals surface area contributed by atoms with Crippen LogP contribution in [0.15, 0.2) is 61.9 Å². The lowest BCUT2D eigenvalue weighted by molar-refractivity contribution is -0.140. The summed E-state index contributed by atoms with van der Waals surface area (Å²) < 4.78 is 23.6. The van der Waals surface area contributed by atoms with Gasteiger partial charge in [-0.2, -0.15) is 0 Å². The van der Waals surface area contributed by atoms with Gasteiger partial charge in [-0.1, -0.05) is 29.5 Å². The standard InChI is InChI=1S/C26H25BrN2O7S/c1-14-21(25(32)36-10-9-33-2)22(16-7-5-6-8-18(16)34-3)29-24(31)20(37-26(29)28-14)13-15-11-17(27)23(30)19(12-15)35-4/h5-8,11-13,22,30H,9-10H2,1-4H3. The van der Waals surface area contributed by atoms with Crippen LogP contribution in [0.4, 0.5) is 0 Å². The van der Waals surface area contributed by atoms with Crippen LogP contribution in [0.5, 0.6) is 17.2 Å². The predicted molar refractivity (Wildman–Crippen MR) is 142 cm³/mol. The van der Waals surface area contributed by atoms with E-state index in [1.807, 2.05) is 18.2 Å². The van der Waals surface area contributed by atoms with Gasteiger partial charge in [0.05, 0.1) is 41.1 Å². The minimum Gasteiger partial charge on any atom is -0.503 e. The molecule has 1 aromatic heterocycles. The number of aromatic hydroxyl groups is 1. The number of nitrogens with zero attached hydrogens (tertiary/aromatic N) is 2. The number of rotatable bonds is 8. The van der Waals surface area contributed by atoms with Crippen molar-refractivity contribution in [1.29, 1.82) is 0 Å². The molecule has 0 saturated heterocycles. The molecule has 3 aromatic rings. The van der Waals surface area contributed by atoms with Gasteiger partial charge in [0.15, 0.2) is 16.3 Å². The molecule has 0 spiro atoms. The van der Waals surface area contributed by atoms with Crippen molar-refractivity contribution in [3.63, 3.8) is 0 Å². The number of hydrogen-bond acceptors (Lipinski definition) is 9. The van der Waals surface area contributed by atoms with Crippen molar-refractivity contribution in [3.05, 3.63) is 83.0 Å². The summed E-state index contributed by atoms with van der Waals surface area (Å²) in [6, 6.07) is 9.70. The molecule has 0 radical (unpaired) electrons. The minimum atomic E-state index is -0.814. The molecule has 1 unspecified atom stereocenters. The summed E-state index contributed by atoms with van der Waals surface area (Å²) >= 11 is 4.50. The molecule has 0 fully saturated rings. The molecule has 1 atom stereocenters. The number of halogens is 1. The van der Waals surface area contributed by atoms with Crippen molar-refractivity contribution >= 4 is 39.3 Å². The third-order valence-electron chi connectivity index (χ3n) is 5.76. The van der Waals surface area contributed by atoms with Gasteiger partial charge in [-0.3, -0.25) is 9.36 Å². The SMILES string of the molecule is COCCOC(=O)C1=C(C)N=c2sc(=Cc3cc(Br)c(O)c(OC)c3)c(=O)n2C1c1ccccc1OC. The number of benzene rings is 2. The van der Waals surface area contributed by atoms with Gasteiger partial charge in [0, 0.05) is 12.7 Å². The fraction of sp³-hybridized carbons (Fsp3) is 0.269. The number of para-hydroxylation sites is 1. The van der Waals surface area contributed by atoms with E-state index in [0.29, 0.717) is 36.4 Å². The molecule has 37 heavy (non-hydrogen) atoms. The van der Waals surface area contributed by atoms with Crippen molar-refractivity contribution in [1.82, 2.24) is 4.57 Å². The molecule has 2 aromatic carbocycles. The Bertz CT molecular complexity index is 1560. The normalized spacial score (nSPS) is 15.3. The molecule has 4 rings (SSSR count). The van der Waals surface area contributed by atoms with E-state index in [0.717, 1.165) is 0 Å². The maximum atomic E-state index is 13.8. The molecule has 0 saturated carbocycles. The molecular weight excluding hydrogens is 564 g/mol. The zero-order valence-corrected chi connectivity index (χ0v) is 23.0. The lowest BCUT2D eigenvalue weighted by atomic mass is 9.95. The topological polar surface area (TPSA) is 109 Å². The number of carbonyl (C=O) groups is 1. The van der Waals surface area contributed by atoms with Gasteiger partial charge in [0.2, 0.25) is 0 Å². The Kier molecular flexibility index (Phi) is 8.16. The van der Waals surface area contributed by atoms with E-state index in [9.17, 15) is 14.7 Å². The third kappa shape index (κ3) is 5.20. The summed E-state index contributed by atoms with van der Waals surface area (Å²) in [6.07, 6.45) is 1.69. The monoisotopic (exact) mass is 588 g/mol. The van der Waals surface area contributed by atoms with Crippen LogP contribution in [0.2, 0.25) is 0 Å². The molecule has 9 nitrogen and oxygen atoms in total. The second kappa shape index (κ2) is 11.3. The van der Waals surface area contributed by atoms with Crippen molar-refractivity contribution in [3.8, 4) is 17.2 Å². The first kappa shape index (κ1) is 26.6. The van der Waals surface area contributed by atoms with Gasteiger partial charge in [-0.15, -0.1) is 0 Å². The van der Waals surface area contributed by atoms with E-state index in [-0.39, 0.29) is 35.8 Å². The van der Waals surface area contributed by atoms with Crippen molar-refractivity contribution in [2.75, 3.05) is 34.5 Å². The van der Waals surface area contributed by atoms with Crippen LogP contribution in [0, 0.1) is 0 Å². The maximum absolute atomic E-state index is 13.8. The number of methoxy groups -OCH3 is 3. The highest BCUT2D eigenvalue weighted by Crippen LogP contribution is 2.36. The van der Waals surface area contributed by atoms with Gasteiger partial charge < -0.3 is 24.1 Å². The second-order valence-electron chi connectivity index (χ2n) is 8.01. The first-order valence-corrected chi connectivity index (χ1v) is 12.8. The van der Waals surface area contributed by atoms with Crippen molar-refractivity contribution in [2.24, 2.45) is 4.99 Å². The van der Waals surface area contributed by atoms with Crippen LogP contribution in [-0.2, 0) is 14.3 Å². The zero-order valence-electron chi connectivity index (χ0n) is 20.6. The Morgan fingerprint density at radius 1 is 1.16 bits per heavy atom. The second-order valence-corrected chi connectivity index (χ2v) is 9.87. The van der Waals surface area contributed by atoms with E-state index >= 15 is 0 Å². The van der Waals surface area contributed by atoms with Gasteiger partial charge in [-0.05, 0) is 52.7 Å². The van der Waals surface area contributed by atoms with Gasteiger partial charge in [-0.25, -0.2) is 9.79 Å². The molecule has 0 amide bonds. The Labute approximate surface area is 225 Å². The number of phenols is 1. The molecule has 194 valence electrons. The molecule has 1 aliphatic rings. The van der Waals surface area contributed by atoms with Crippen LogP contribution < -0.4 is 24.4 Å². The highest BCUT2D eigenvalue weighted by atomic mass is 79.9. The zero-order chi connectivity index (χ0) is 26.7. The summed E-state index contributed by atoms with van der Waals surface area (Å²) in [5.41, 5.74) is 1.61. The number of phenolic OH excluding ortho intramolecular Hbond substituents is 1. The highest BCUT2D eigenvalue weighted by Gasteiger charge is 2.35. The largest absolute Gasteiger partial charge is 0.503 e. The number of allylic oxidation sites excluding steroid dienone is 1. The van der Waals surface area contributed by atoms with Crippen LogP contribution in [0.3, 0.4) is 0 Å². The third-order valence-corrected chi connectivity index (χ3v) is 7.35. The summed E-state index contributed by atoms with van der Waals surface area (Å²) in [6.45, 7) is 2.02. The summed E-state index contributed by atoms with van der Waals surface area (Å²) in [5, 5.41) is 10.1. The number of ether oxygens (including phenoxy) is 4. The van der Waals surface area contributed by atoms with Crippen LogP contribution in [0.25, 0.3) is 6.08 Å². The first-order valence-electron chi connectivity index (χ1n) is 11.2. The fourth-order valence-corrected chi connectivity index (χ4v) is 5.56. The van der Waals surface area contributed by atoms with Crippen LogP contribution in [-0.4, -0.2) is 50.2 Å². The predicted octanol–water partition coefficient (Wildman–Crippen LogP) is 2.91. The summed E-state index contributed by atoms with van der Waals surface area (Å²) in [5.74, 6) is 0.156. The lowest BCUT2D eigenvalue weighted by Crippen LogP contribution is -2.40. The maximum Gasteiger partial charge on any atom is 0.338 e. The Morgan fingerprint density at radius 3 is 2.59 bits per heavy atom. The Morgan fingerprint density at radius 2 is 1.89 bits per heavy atom. The Hall–Kier alpha value is -3.41. The molecular formula is C26H25BrN2O7S. The number of thiazole rings is 1. The number of carbonyl (C=O) groups excluding carboxylic acids is 1. The highest BCUT2D eigenvalue weighted by molar-refractivity contribution is 9.10. The quantitative estimate of drug-likeness (QED) is 0.318. The van der Waals surface area contributed by atoms with Crippen molar-refractivity contribution in [2.45, 2.75) is 13.0 Å². The minimum absolute atomic E-state index is 0.0375. The molecule has 0 bridgehead atoms. The van der Waals surface area contributed by atoms with E-state index in [2.05, 4.69) is 20.9 Å². The van der Waals surface area contributed by atoms with Crippen LogP contribution >= 0.6 is 27.3 Å². The number of fused-ring (bicyclic) bond motifs is 1. The Balaban J connectivity index is 1.93. The van der Waals surface area contributed by atoms with Gasteiger partial charge in [0.25, 0.3) is 5.56 Å². The van der Waals surface area contributed by atoms with E-state index < -0.39 is 12.0 Å². The lowest BCUT2D eigenvalue weighted by Gasteiger charge is -2.26. The summed E-state index contributed by atoms with van der Waals surface area (Å²) in [7, 11) is 4.50. The van der Waals surface area contributed by atoms with Gasteiger partial charge >= 0.3 is 5.97 Å². The number of aromatic nitrogens is 1. The van der Waals surface area contributed by atoms with Gasteiger partial charge in [0.1, 0.15) is 18.4 Å². The average molecular weight is 589 g/mol. The average Bonchev–Trinajstić information content (AvgIpc) is 3.19. The van der Waals surface area contributed by atoms with E-state index in [4.69, 9.17) is 18.9 Å². The number of esters is 1. The smallest absolute Gasteiger partial charge is 0.338 e. The molecule has 0 aliphatic carbocycles. The van der Waals surface area contributed by atoms with Crippen LogP contribution in [0.1, 0.15) is 24.1 Å². The van der Waals surface area contributed by atoms with Crippen molar-refractivity contribution < 1.29 is 28.8 Å². The first-order chi connectivity index (χ1) is 17.8. The fourth-order valence-electron chi connectivity index (χ4n) is 4.05. The molecule has 1 N–H and O–H groups in total. The van der Waals surface area contributed by atoms with E-state index in [1.54, 1.807) is 31.2 Å². The molecule has 1 aliphatic heterocycles. The molecule has 11 heteroatoms. The number of hydrogen-bond donors (Lipinski definition) is 1. The molecule has 2 heterocycles. The van der Waals surface area contributed by atoms with E-state index in [1.165, 1.54) is 37.2 Å². The summed E-state index contributed by atoms with van der Waals surface area (Å²) in [4.78, 5) is 32.0.